The zero-order valence-electron chi connectivity index (χ0n) is 17.5. The molecule has 30 heavy (non-hydrogen) atoms. The largest absolute Gasteiger partial charge is 0.465 e. The van der Waals surface area contributed by atoms with Crippen molar-refractivity contribution in [2.24, 2.45) is 7.05 Å². The van der Waals surface area contributed by atoms with Gasteiger partial charge in [-0.1, -0.05) is 18.2 Å². The van der Waals surface area contributed by atoms with Crippen LogP contribution >= 0.6 is 0 Å². The van der Waals surface area contributed by atoms with Crippen LogP contribution in [0.4, 0.5) is 10.6 Å². The van der Waals surface area contributed by atoms with Gasteiger partial charge in [0.05, 0.1) is 0 Å². The number of aryl methyl sites for hydroxylation is 1. The predicted molar refractivity (Wildman–Crippen MR) is 115 cm³/mol. The molecule has 0 radical (unpaired) electrons. The highest BCUT2D eigenvalue weighted by molar-refractivity contribution is 6.01. The summed E-state index contributed by atoms with van der Waals surface area (Å²) in [7, 11) is 1.67. The van der Waals surface area contributed by atoms with Crippen LogP contribution in [-0.4, -0.2) is 49.4 Å². The molecule has 1 aromatic carbocycles. The van der Waals surface area contributed by atoms with Crippen molar-refractivity contribution >= 4 is 28.7 Å². The molecule has 2 N–H and O–H groups in total. The summed E-state index contributed by atoms with van der Waals surface area (Å²) in [6.45, 7) is 5.62. The Morgan fingerprint density at radius 1 is 1.27 bits per heavy atom. The van der Waals surface area contributed by atoms with Gasteiger partial charge in [0.1, 0.15) is 5.56 Å². The van der Waals surface area contributed by atoms with Gasteiger partial charge in [-0.25, -0.2) is 4.79 Å². The average molecular weight is 409 g/mol. The van der Waals surface area contributed by atoms with Gasteiger partial charge in [-0.3, -0.25) is 14.8 Å². The van der Waals surface area contributed by atoms with Crippen LogP contribution in [0.25, 0.3) is 10.9 Å². The average Bonchev–Trinajstić information content (AvgIpc) is 3.27. The van der Waals surface area contributed by atoms with Crippen LogP contribution in [0.15, 0.2) is 36.5 Å². The van der Waals surface area contributed by atoms with Crippen molar-refractivity contribution in [1.29, 1.82) is 0 Å². The molecule has 4 rings (SSSR count). The number of para-hydroxylation sites is 1. The third-order valence-corrected chi connectivity index (χ3v) is 5.71. The molecule has 0 aliphatic carbocycles. The highest BCUT2D eigenvalue weighted by atomic mass is 16.4. The van der Waals surface area contributed by atoms with E-state index in [1.807, 2.05) is 11.0 Å². The number of hydrogen-bond donors (Lipinski definition) is 2. The summed E-state index contributed by atoms with van der Waals surface area (Å²) in [5.74, 6) is 0.113. The molecule has 3 aromatic rings. The molecule has 1 unspecified atom stereocenters. The molecule has 1 aliphatic heterocycles. The molecule has 0 bridgehead atoms. The van der Waals surface area contributed by atoms with Crippen molar-refractivity contribution in [3.05, 3.63) is 47.8 Å². The van der Waals surface area contributed by atoms with Crippen molar-refractivity contribution in [3.8, 4) is 0 Å². The minimum Gasteiger partial charge on any atom is -0.465 e. The summed E-state index contributed by atoms with van der Waals surface area (Å²) in [5, 5.41) is 16.6. The fourth-order valence-corrected chi connectivity index (χ4v) is 4.50. The van der Waals surface area contributed by atoms with Gasteiger partial charge in [-0.2, -0.15) is 5.10 Å². The molecule has 1 aliphatic rings. The van der Waals surface area contributed by atoms with Crippen molar-refractivity contribution < 1.29 is 14.7 Å². The number of piperidine rings is 1. The van der Waals surface area contributed by atoms with Crippen LogP contribution in [0.3, 0.4) is 0 Å². The van der Waals surface area contributed by atoms with Crippen LogP contribution in [0.1, 0.15) is 54.7 Å². The molecule has 1 atom stereocenters. The number of anilines is 1. The number of amides is 2. The predicted octanol–water partition coefficient (Wildman–Crippen LogP) is 4.07. The third kappa shape index (κ3) is 3.65. The Morgan fingerprint density at radius 3 is 2.77 bits per heavy atom. The van der Waals surface area contributed by atoms with E-state index in [-0.39, 0.29) is 23.2 Å². The normalized spacial score (nSPS) is 16.9. The Morgan fingerprint density at radius 2 is 2.03 bits per heavy atom. The van der Waals surface area contributed by atoms with Crippen LogP contribution in [-0.2, 0) is 7.05 Å². The lowest BCUT2D eigenvalue weighted by atomic mass is 9.93. The van der Waals surface area contributed by atoms with Crippen molar-refractivity contribution in [2.75, 3.05) is 18.4 Å². The minimum absolute atomic E-state index is 0.0772. The molecular weight excluding hydrogens is 382 g/mol. The highest BCUT2D eigenvalue weighted by Gasteiger charge is 2.30. The van der Waals surface area contributed by atoms with Crippen LogP contribution in [0.5, 0.6) is 0 Å². The monoisotopic (exact) mass is 409 g/mol. The number of benzene rings is 1. The number of carbonyl (C=O) groups is 2. The first kappa shape index (κ1) is 20.0. The standard InChI is InChI=1S/C22H27N5O3/c1-14(2)27-18-9-5-4-7-15(18)11-19(27)16-8-6-10-26(12-16)21(28)17-13-25(3)24-20(17)23-22(29)30/h4-5,7,9,11,13-14,16H,6,8,10,12H2,1-3H3,(H,23,24)(H,29,30). The topological polar surface area (TPSA) is 92.4 Å². The van der Waals surface area contributed by atoms with Gasteiger partial charge in [0.2, 0.25) is 0 Å². The molecular formula is C22H27N5O3. The van der Waals surface area contributed by atoms with Gasteiger partial charge in [0.25, 0.3) is 5.91 Å². The van der Waals surface area contributed by atoms with Crippen molar-refractivity contribution in [1.82, 2.24) is 19.2 Å². The Balaban J connectivity index is 1.63. The molecule has 158 valence electrons. The lowest BCUT2D eigenvalue weighted by Crippen LogP contribution is -2.39. The van der Waals surface area contributed by atoms with E-state index < -0.39 is 6.09 Å². The number of nitrogens with one attached hydrogen (secondary N) is 1. The Bertz CT molecular complexity index is 1100. The molecule has 1 fully saturated rings. The van der Waals surface area contributed by atoms with Crippen molar-refractivity contribution in [3.63, 3.8) is 0 Å². The molecule has 2 amide bonds. The van der Waals surface area contributed by atoms with E-state index in [2.05, 4.69) is 53.1 Å². The summed E-state index contributed by atoms with van der Waals surface area (Å²) in [4.78, 5) is 26.1. The maximum Gasteiger partial charge on any atom is 0.410 e. The highest BCUT2D eigenvalue weighted by Crippen LogP contribution is 2.34. The lowest BCUT2D eigenvalue weighted by Gasteiger charge is -2.34. The summed E-state index contributed by atoms with van der Waals surface area (Å²) in [5.41, 5.74) is 2.75. The van der Waals surface area contributed by atoms with Gasteiger partial charge >= 0.3 is 6.09 Å². The van der Waals surface area contributed by atoms with Crippen LogP contribution in [0.2, 0.25) is 0 Å². The summed E-state index contributed by atoms with van der Waals surface area (Å²) < 4.78 is 3.83. The number of likely N-dealkylation sites (tertiary alicyclic amines) is 1. The van der Waals surface area contributed by atoms with Gasteiger partial charge in [-0.15, -0.1) is 0 Å². The maximum atomic E-state index is 13.2. The second-order valence-corrected chi connectivity index (χ2v) is 8.18. The van der Waals surface area contributed by atoms with E-state index in [9.17, 15) is 9.59 Å². The van der Waals surface area contributed by atoms with Gasteiger partial charge in [-0.05, 0) is 44.2 Å². The van der Waals surface area contributed by atoms with Gasteiger partial charge in [0, 0.05) is 49.5 Å². The molecule has 8 nitrogen and oxygen atoms in total. The number of carbonyl (C=O) groups excluding carboxylic acids is 1. The van der Waals surface area contributed by atoms with Crippen LogP contribution in [0, 0.1) is 0 Å². The fourth-order valence-electron chi connectivity index (χ4n) is 4.50. The second-order valence-electron chi connectivity index (χ2n) is 8.18. The SMILES string of the molecule is CC(C)n1c(C2CCCN(C(=O)c3cn(C)nc3NC(=O)O)C2)cc2ccccc21. The Kier molecular flexibility index (Phi) is 5.24. The van der Waals surface area contributed by atoms with Crippen LogP contribution < -0.4 is 5.32 Å². The Labute approximate surface area is 175 Å². The van der Waals surface area contributed by atoms with E-state index in [0.717, 1.165) is 12.8 Å². The number of rotatable bonds is 4. The van der Waals surface area contributed by atoms with E-state index in [1.54, 1.807) is 13.2 Å². The van der Waals surface area contributed by atoms with E-state index in [4.69, 9.17) is 5.11 Å². The van der Waals surface area contributed by atoms with E-state index in [1.165, 1.54) is 21.3 Å². The summed E-state index contributed by atoms with van der Waals surface area (Å²) in [6, 6.07) is 10.9. The first-order valence-electron chi connectivity index (χ1n) is 10.3. The molecule has 0 spiro atoms. The number of nitrogens with zero attached hydrogens (tertiary/aromatic N) is 4. The third-order valence-electron chi connectivity index (χ3n) is 5.71. The first-order valence-corrected chi connectivity index (χ1v) is 10.3. The molecule has 3 heterocycles. The summed E-state index contributed by atoms with van der Waals surface area (Å²) in [6.07, 6.45) is 2.25. The molecule has 1 saturated heterocycles. The Hall–Kier alpha value is -3.29. The molecule has 8 heteroatoms. The van der Waals surface area contributed by atoms with Gasteiger partial charge < -0.3 is 14.6 Å². The number of fused-ring (bicyclic) bond motifs is 1. The second kappa shape index (κ2) is 7.85. The van der Waals surface area contributed by atoms with Crippen molar-refractivity contribution in [2.45, 2.75) is 38.6 Å². The summed E-state index contributed by atoms with van der Waals surface area (Å²) >= 11 is 0. The zero-order valence-corrected chi connectivity index (χ0v) is 17.5. The molecule has 2 aromatic heterocycles. The number of aromatic nitrogens is 3. The zero-order chi connectivity index (χ0) is 21.4. The van der Waals surface area contributed by atoms with E-state index in [0.29, 0.717) is 19.1 Å². The number of carboxylic acid groups (broad SMARTS) is 1. The van der Waals surface area contributed by atoms with Gasteiger partial charge in [0.15, 0.2) is 5.82 Å². The minimum atomic E-state index is -1.24. The quantitative estimate of drug-likeness (QED) is 0.679. The maximum absolute atomic E-state index is 13.2. The molecule has 0 saturated carbocycles. The number of hydrogen-bond acceptors (Lipinski definition) is 3. The van der Waals surface area contributed by atoms with E-state index >= 15 is 0 Å². The lowest BCUT2D eigenvalue weighted by molar-refractivity contribution is 0.0705. The smallest absolute Gasteiger partial charge is 0.410 e. The fraction of sp³-hybridized carbons (Fsp3) is 0.409. The first-order chi connectivity index (χ1) is 14.3.